The Morgan fingerprint density at radius 3 is 2.84 bits per heavy atom. The molecule has 32 heavy (non-hydrogen) atoms. The predicted molar refractivity (Wildman–Crippen MR) is 119 cm³/mol. The third-order valence-electron chi connectivity index (χ3n) is 6.44. The van der Waals surface area contributed by atoms with Gasteiger partial charge in [0, 0.05) is 26.0 Å². The highest BCUT2D eigenvalue weighted by molar-refractivity contribution is 5.87. The number of hydrogen-bond acceptors (Lipinski definition) is 5. The van der Waals surface area contributed by atoms with Gasteiger partial charge in [0.2, 0.25) is 5.91 Å². The second-order valence-corrected chi connectivity index (χ2v) is 8.65. The number of nitrogens with zero attached hydrogens (tertiary/aromatic N) is 4. The third-order valence-corrected chi connectivity index (χ3v) is 6.44. The van der Waals surface area contributed by atoms with Crippen molar-refractivity contribution in [3.05, 3.63) is 48.0 Å². The fraction of sp³-hybridized carbons (Fsp3) is 0.542. The summed E-state index contributed by atoms with van der Waals surface area (Å²) in [5, 5.41) is 0. The molecule has 0 N–H and O–H groups in total. The van der Waals surface area contributed by atoms with E-state index in [4.69, 9.17) is 9.47 Å². The molecule has 0 aliphatic carbocycles. The number of likely N-dealkylation sites (N-methyl/N-ethyl adjacent to an activating group) is 1. The van der Waals surface area contributed by atoms with Crippen LogP contribution < -0.4 is 4.74 Å². The average Bonchev–Trinajstić information content (AvgIpc) is 3.20. The Bertz CT molecular complexity index is 959. The molecular formula is C24H32N4O4. The lowest BCUT2D eigenvalue weighted by atomic mass is 9.91. The molecule has 172 valence electrons. The molecule has 4 rings (SSSR count). The monoisotopic (exact) mass is 440 g/mol. The van der Waals surface area contributed by atoms with Gasteiger partial charge in [-0.05, 0) is 44.2 Å². The number of rotatable bonds is 2. The van der Waals surface area contributed by atoms with Crippen LogP contribution in [-0.2, 0) is 27.3 Å². The van der Waals surface area contributed by atoms with Crippen molar-refractivity contribution in [1.29, 1.82) is 0 Å². The fourth-order valence-corrected chi connectivity index (χ4v) is 4.52. The highest BCUT2D eigenvalue weighted by atomic mass is 16.5. The first kappa shape index (κ1) is 22.3. The summed E-state index contributed by atoms with van der Waals surface area (Å²) in [5.41, 5.74) is 0.180. The molecule has 1 aromatic carbocycles. The Hall–Kier alpha value is -2.87. The van der Waals surface area contributed by atoms with Crippen LogP contribution in [0.1, 0.15) is 30.7 Å². The van der Waals surface area contributed by atoms with Crippen molar-refractivity contribution in [2.24, 2.45) is 0 Å². The van der Waals surface area contributed by atoms with Crippen LogP contribution in [0, 0.1) is 6.92 Å². The molecular weight excluding hydrogens is 408 g/mol. The molecule has 2 aliphatic rings. The second kappa shape index (κ2) is 9.73. The van der Waals surface area contributed by atoms with Gasteiger partial charge >= 0.3 is 0 Å². The van der Waals surface area contributed by atoms with E-state index in [9.17, 15) is 9.59 Å². The summed E-state index contributed by atoms with van der Waals surface area (Å²) in [6.45, 7) is 4.09. The summed E-state index contributed by atoms with van der Waals surface area (Å²) >= 11 is 0. The van der Waals surface area contributed by atoms with Gasteiger partial charge in [-0.2, -0.15) is 0 Å². The zero-order chi connectivity index (χ0) is 22.6. The van der Waals surface area contributed by atoms with Crippen LogP contribution in [0.15, 0.2) is 36.7 Å². The minimum absolute atomic E-state index is 0.0207. The van der Waals surface area contributed by atoms with Crippen molar-refractivity contribution >= 4 is 11.8 Å². The molecule has 2 aliphatic heterocycles. The van der Waals surface area contributed by atoms with E-state index in [2.05, 4.69) is 11.1 Å². The number of fused-ring (bicyclic) bond motifs is 1. The highest BCUT2D eigenvalue weighted by Gasteiger charge is 2.46. The number of morpholine rings is 1. The number of hydrogen-bond donors (Lipinski definition) is 0. The molecule has 1 atom stereocenters. The van der Waals surface area contributed by atoms with Gasteiger partial charge < -0.3 is 23.8 Å². The summed E-state index contributed by atoms with van der Waals surface area (Å²) in [4.78, 5) is 34.2. The predicted octanol–water partition coefficient (Wildman–Crippen LogP) is 2.05. The largest absolute Gasteiger partial charge is 0.491 e. The molecule has 2 aromatic rings. The van der Waals surface area contributed by atoms with Crippen molar-refractivity contribution in [2.45, 2.75) is 44.8 Å². The van der Waals surface area contributed by atoms with Crippen LogP contribution in [0.3, 0.4) is 0 Å². The van der Waals surface area contributed by atoms with Gasteiger partial charge in [-0.25, -0.2) is 4.98 Å². The first-order chi connectivity index (χ1) is 15.5. The van der Waals surface area contributed by atoms with Gasteiger partial charge in [-0.15, -0.1) is 0 Å². The minimum atomic E-state index is -1.01. The third kappa shape index (κ3) is 4.80. The van der Waals surface area contributed by atoms with Crippen LogP contribution in [0.5, 0.6) is 5.75 Å². The van der Waals surface area contributed by atoms with E-state index in [0.717, 1.165) is 30.8 Å². The summed E-state index contributed by atoms with van der Waals surface area (Å²) < 4.78 is 14.0. The maximum atomic E-state index is 13.5. The zero-order valence-electron chi connectivity index (χ0n) is 19.0. The van der Waals surface area contributed by atoms with Crippen LogP contribution in [0.25, 0.3) is 0 Å². The molecule has 1 fully saturated rings. The Morgan fingerprint density at radius 2 is 2.03 bits per heavy atom. The number of carbonyl (C=O) groups is 2. The Morgan fingerprint density at radius 1 is 1.19 bits per heavy atom. The molecule has 8 heteroatoms. The van der Waals surface area contributed by atoms with Gasteiger partial charge in [0.05, 0.1) is 19.7 Å². The lowest BCUT2D eigenvalue weighted by molar-refractivity contribution is -0.175. The molecule has 0 radical (unpaired) electrons. The number of ether oxygens (including phenoxy) is 2. The molecule has 0 bridgehead atoms. The quantitative estimate of drug-likeness (QED) is 0.714. The second-order valence-electron chi connectivity index (χ2n) is 8.65. The molecule has 0 saturated carbocycles. The van der Waals surface area contributed by atoms with Crippen molar-refractivity contribution < 1.29 is 19.1 Å². The van der Waals surface area contributed by atoms with Crippen molar-refractivity contribution in [1.82, 2.24) is 19.4 Å². The lowest BCUT2D eigenvalue weighted by Crippen LogP contribution is -2.61. The molecule has 2 amide bonds. The molecule has 1 aromatic heterocycles. The number of para-hydroxylation sites is 1. The van der Waals surface area contributed by atoms with E-state index in [-0.39, 0.29) is 24.9 Å². The van der Waals surface area contributed by atoms with Crippen molar-refractivity contribution in [2.75, 3.05) is 39.9 Å². The van der Waals surface area contributed by atoms with E-state index < -0.39 is 5.60 Å². The van der Waals surface area contributed by atoms with E-state index >= 15 is 0 Å². The van der Waals surface area contributed by atoms with Gasteiger partial charge in [0.15, 0.2) is 5.60 Å². The number of aryl methyl sites for hydroxylation is 2. The first-order valence-corrected chi connectivity index (χ1v) is 11.3. The van der Waals surface area contributed by atoms with Crippen LogP contribution in [0.4, 0.5) is 0 Å². The summed E-state index contributed by atoms with van der Waals surface area (Å²) in [5.74, 6) is 1.59. The molecule has 1 spiro atoms. The van der Waals surface area contributed by atoms with Crippen molar-refractivity contribution in [3.8, 4) is 5.75 Å². The standard InChI is InChI=1S/C24H32N4O4/c1-19-25-11-12-27(19)17-22(29)28-14-16-32-24(18-28)10-6-5-8-20-7-3-4-9-21(20)31-15-13-26(2)23(24)30/h3-4,7,9,11-12H,5-6,8,10,13-18H2,1-2H3. The van der Waals surface area contributed by atoms with Gasteiger partial charge in [0.25, 0.3) is 5.91 Å². The molecule has 1 saturated heterocycles. The molecule has 1 unspecified atom stereocenters. The van der Waals surface area contributed by atoms with Crippen LogP contribution in [0.2, 0.25) is 0 Å². The molecule has 3 heterocycles. The zero-order valence-corrected chi connectivity index (χ0v) is 19.0. The lowest BCUT2D eigenvalue weighted by Gasteiger charge is -2.43. The Balaban J connectivity index is 1.50. The molecule has 8 nitrogen and oxygen atoms in total. The Kier molecular flexibility index (Phi) is 6.79. The van der Waals surface area contributed by atoms with E-state index in [0.29, 0.717) is 32.7 Å². The van der Waals surface area contributed by atoms with Crippen LogP contribution in [-0.4, -0.2) is 76.7 Å². The normalized spacial score (nSPS) is 22.6. The topological polar surface area (TPSA) is 76.9 Å². The minimum Gasteiger partial charge on any atom is -0.491 e. The van der Waals surface area contributed by atoms with E-state index in [1.54, 1.807) is 29.2 Å². The fourth-order valence-electron chi connectivity index (χ4n) is 4.52. The van der Waals surface area contributed by atoms with Gasteiger partial charge in [0.1, 0.15) is 24.7 Å². The SMILES string of the molecule is Cc1nccn1CC(=O)N1CCOC2(CCCCc3ccccc3OCCN(C)C2=O)C1. The number of amides is 2. The van der Waals surface area contributed by atoms with Gasteiger partial charge in [-0.3, -0.25) is 9.59 Å². The van der Waals surface area contributed by atoms with Crippen LogP contribution >= 0.6 is 0 Å². The summed E-state index contributed by atoms with van der Waals surface area (Å²) in [7, 11) is 1.78. The number of benzene rings is 1. The summed E-state index contributed by atoms with van der Waals surface area (Å²) in [6, 6.07) is 8.09. The Labute approximate surface area is 189 Å². The van der Waals surface area contributed by atoms with E-state index in [1.807, 2.05) is 29.7 Å². The smallest absolute Gasteiger partial charge is 0.256 e. The maximum absolute atomic E-state index is 13.5. The van der Waals surface area contributed by atoms with Crippen molar-refractivity contribution in [3.63, 3.8) is 0 Å². The average molecular weight is 441 g/mol. The van der Waals surface area contributed by atoms with Gasteiger partial charge in [-0.1, -0.05) is 18.2 Å². The number of carbonyl (C=O) groups excluding carboxylic acids is 2. The van der Waals surface area contributed by atoms with E-state index in [1.165, 1.54) is 5.56 Å². The first-order valence-electron chi connectivity index (χ1n) is 11.3. The number of imidazole rings is 1. The summed E-state index contributed by atoms with van der Waals surface area (Å²) in [6.07, 6.45) is 6.72. The highest BCUT2D eigenvalue weighted by Crippen LogP contribution is 2.29. The maximum Gasteiger partial charge on any atom is 0.256 e. The number of aromatic nitrogens is 2.